The van der Waals surface area contributed by atoms with Crippen molar-refractivity contribution >= 4 is 35.0 Å². The maximum atomic E-state index is 12.8. The average Bonchev–Trinajstić information content (AvgIpc) is 2.86. The van der Waals surface area contributed by atoms with Crippen LogP contribution in [0.15, 0.2) is 83.9 Å². The number of aromatic nitrogens is 2. The lowest BCUT2D eigenvalue weighted by atomic mass is 10.1. The third-order valence-corrected chi connectivity index (χ3v) is 5.86. The molecule has 0 radical (unpaired) electrons. The summed E-state index contributed by atoms with van der Waals surface area (Å²) in [5.74, 6) is 0.913. The number of thioether (sulfide) groups is 1. The average molecular weight is 457 g/mol. The molecule has 1 aromatic heterocycles. The largest absolute Gasteiger partial charge is 0.495 e. The highest BCUT2D eigenvalue weighted by molar-refractivity contribution is 7.98. The lowest BCUT2D eigenvalue weighted by Gasteiger charge is -2.13. The molecule has 0 fully saturated rings. The van der Waals surface area contributed by atoms with E-state index < -0.39 is 0 Å². The van der Waals surface area contributed by atoms with Gasteiger partial charge in [-0.3, -0.25) is 4.79 Å². The first-order valence-electron chi connectivity index (χ1n) is 10.4. The second-order valence-electron chi connectivity index (χ2n) is 7.29. The molecule has 0 saturated carbocycles. The summed E-state index contributed by atoms with van der Waals surface area (Å²) in [7, 11) is 1.59. The Hall–Kier alpha value is -3.84. The van der Waals surface area contributed by atoms with E-state index in [1.807, 2.05) is 80.0 Å². The first kappa shape index (κ1) is 22.4. The Kier molecular flexibility index (Phi) is 6.90. The van der Waals surface area contributed by atoms with Gasteiger partial charge in [-0.05, 0) is 49.1 Å². The van der Waals surface area contributed by atoms with Crippen LogP contribution in [0.2, 0.25) is 0 Å². The Morgan fingerprint density at radius 2 is 1.73 bits per heavy atom. The third-order valence-electron chi connectivity index (χ3n) is 5.12. The van der Waals surface area contributed by atoms with E-state index in [0.717, 1.165) is 27.4 Å². The van der Waals surface area contributed by atoms with Crippen LogP contribution in [-0.4, -0.2) is 29.2 Å². The number of carbonyl (C=O) groups excluding carboxylic acids is 1. The highest BCUT2D eigenvalue weighted by Crippen LogP contribution is 2.30. The van der Waals surface area contributed by atoms with Gasteiger partial charge in [0.15, 0.2) is 0 Å². The molecule has 4 rings (SSSR count). The van der Waals surface area contributed by atoms with Crippen LogP contribution < -0.4 is 15.4 Å². The molecule has 33 heavy (non-hydrogen) atoms. The molecule has 0 unspecified atom stereocenters. The van der Waals surface area contributed by atoms with Crippen molar-refractivity contribution in [2.45, 2.75) is 11.8 Å². The number of ether oxygens (including phenoxy) is 1. The number of para-hydroxylation sites is 1. The SMILES string of the molecule is COc1cccc(C)c1NC(=O)c1ccc(Nc2ncc(SC)c(-c3ccccc3)n2)cc1. The minimum absolute atomic E-state index is 0.207. The van der Waals surface area contributed by atoms with Crippen molar-refractivity contribution in [3.63, 3.8) is 0 Å². The lowest BCUT2D eigenvalue weighted by Crippen LogP contribution is -2.13. The van der Waals surface area contributed by atoms with Gasteiger partial charge in [0.1, 0.15) is 5.75 Å². The van der Waals surface area contributed by atoms with Crippen LogP contribution in [-0.2, 0) is 0 Å². The minimum atomic E-state index is -0.207. The van der Waals surface area contributed by atoms with Gasteiger partial charge >= 0.3 is 0 Å². The Balaban J connectivity index is 1.51. The second kappa shape index (κ2) is 10.2. The molecule has 0 atom stereocenters. The zero-order chi connectivity index (χ0) is 23.2. The molecule has 1 heterocycles. The summed E-state index contributed by atoms with van der Waals surface area (Å²) in [6.45, 7) is 1.93. The van der Waals surface area contributed by atoms with E-state index in [1.54, 1.807) is 31.0 Å². The van der Waals surface area contributed by atoms with Crippen LogP contribution in [0, 0.1) is 6.92 Å². The van der Waals surface area contributed by atoms with Crippen molar-refractivity contribution in [3.8, 4) is 17.0 Å². The van der Waals surface area contributed by atoms with Crippen molar-refractivity contribution < 1.29 is 9.53 Å². The fourth-order valence-corrected chi connectivity index (χ4v) is 3.89. The number of methoxy groups -OCH3 is 1. The quantitative estimate of drug-likeness (QED) is 0.324. The van der Waals surface area contributed by atoms with E-state index in [2.05, 4.69) is 15.6 Å². The molecular formula is C26H24N4O2S. The van der Waals surface area contributed by atoms with Gasteiger partial charge in [-0.25, -0.2) is 9.97 Å². The number of hydrogen-bond donors (Lipinski definition) is 2. The Morgan fingerprint density at radius 1 is 0.970 bits per heavy atom. The first-order valence-corrected chi connectivity index (χ1v) is 11.6. The van der Waals surface area contributed by atoms with Crippen LogP contribution in [0.25, 0.3) is 11.3 Å². The van der Waals surface area contributed by atoms with Gasteiger partial charge in [0.25, 0.3) is 5.91 Å². The summed E-state index contributed by atoms with van der Waals surface area (Å²) in [4.78, 5) is 22.9. The molecule has 6 nitrogen and oxygen atoms in total. The maximum Gasteiger partial charge on any atom is 0.255 e. The second-order valence-corrected chi connectivity index (χ2v) is 8.13. The molecular weight excluding hydrogens is 432 g/mol. The summed E-state index contributed by atoms with van der Waals surface area (Å²) in [5, 5.41) is 6.17. The van der Waals surface area contributed by atoms with Crippen LogP contribution in [0.5, 0.6) is 5.75 Å². The van der Waals surface area contributed by atoms with E-state index in [0.29, 0.717) is 22.9 Å². The van der Waals surface area contributed by atoms with Crippen LogP contribution >= 0.6 is 11.8 Å². The zero-order valence-electron chi connectivity index (χ0n) is 18.6. The molecule has 0 saturated heterocycles. The third kappa shape index (κ3) is 5.15. The van der Waals surface area contributed by atoms with E-state index in [4.69, 9.17) is 9.72 Å². The molecule has 1 amide bonds. The van der Waals surface area contributed by atoms with Gasteiger partial charge in [-0.2, -0.15) is 0 Å². The fourth-order valence-electron chi connectivity index (χ4n) is 3.37. The van der Waals surface area contributed by atoms with Crippen LogP contribution in [0.1, 0.15) is 15.9 Å². The monoisotopic (exact) mass is 456 g/mol. The number of rotatable bonds is 7. The van der Waals surface area contributed by atoms with E-state index in [9.17, 15) is 4.79 Å². The molecule has 3 aromatic carbocycles. The number of nitrogens with zero attached hydrogens (tertiary/aromatic N) is 2. The van der Waals surface area contributed by atoms with Crippen molar-refractivity contribution in [1.82, 2.24) is 9.97 Å². The Morgan fingerprint density at radius 3 is 2.42 bits per heavy atom. The van der Waals surface area contributed by atoms with Gasteiger partial charge in [-0.15, -0.1) is 11.8 Å². The summed E-state index contributed by atoms with van der Waals surface area (Å²) in [5.41, 5.74) is 4.84. The Bertz CT molecular complexity index is 1260. The van der Waals surface area contributed by atoms with Gasteiger partial charge in [0.2, 0.25) is 5.95 Å². The van der Waals surface area contributed by atoms with Gasteiger partial charge in [-0.1, -0.05) is 42.5 Å². The molecule has 0 aliphatic rings. The van der Waals surface area contributed by atoms with E-state index in [-0.39, 0.29) is 5.91 Å². The molecule has 4 aromatic rings. The number of benzene rings is 3. The van der Waals surface area contributed by atoms with Crippen molar-refractivity contribution in [2.24, 2.45) is 0 Å². The molecule has 7 heteroatoms. The zero-order valence-corrected chi connectivity index (χ0v) is 19.4. The fraction of sp³-hybridized carbons (Fsp3) is 0.115. The molecule has 0 aliphatic carbocycles. The normalized spacial score (nSPS) is 10.5. The standard InChI is InChI=1S/C26H24N4O2S/c1-17-8-7-11-21(32-2)23(17)29-25(31)19-12-14-20(15-13-19)28-26-27-16-22(33-3)24(30-26)18-9-5-4-6-10-18/h4-16H,1-3H3,(H,29,31)(H,27,28,30). The summed E-state index contributed by atoms with van der Waals surface area (Å²) in [6.07, 6.45) is 3.83. The molecule has 0 spiro atoms. The smallest absolute Gasteiger partial charge is 0.255 e. The van der Waals surface area contributed by atoms with Gasteiger partial charge < -0.3 is 15.4 Å². The van der Waals surface area contributed by atoms with Crippen molar-refractivity contribution in [3.05, 3.63) is 90.1 Å². The molecule has 0 aliphatic heterocycles. The minimum Gasteiger partial charge on any atom is -0.495 e. The van der Waals surface area contributed by atoms with Crippen LogP contribution in [0.3, 0.4) is 0 Å². The van der Waals surface area contributed by atoms with Crippen LogP contribution in [0.4, 0.5) is 17.3 Å². The van der Waals surface area contributed by atoms with Gasteiger partial charge in [0.05, 0.1) is 23.4 Å². The highest BCUT2D eigenvalue weighted by Gasteiger charge is 2.13. The van der Waals surface area contributed by atoms with E-state index >= 15 is 0 Å². The number of aryl methyl sites for hydroxylation is 1. The maximum absolute atomic E-state index is 12.8. The molecule has 2 N–H and O–H groups in total. The summed E-state index contributed by atoms with van der Waals surface area (Å²) < 4.78 is 5.37. The Labute approximate surface area is 197 Å². The molecule has 0 bridgehead atoms. The number of anilines is 3. The van der Waals surface area contributed by atoms with Crippen molar-refractivity contribution in [1.29, 1.82) is 0 Å². The summed E-state index contributed by atoms with van der Waals surface area (Å²) >= 11 is 1.61. The van der Waals surface area contributed by atoms with Gasteiger partial charge in [0, 0.05) is 23.0 Å². The predicted octanol–water partition coefficient (Wildman–Crippen LogP) is 6.18. The topological polar surface area (TPSA) is 76.1 Å². The summed E-state index contributed by atoms with van der Waals surface area (Å²) in [6, 6.07) is 22.8. The number of amides is 1. The number of hydrogen-bond acceptors (Lipinski definition) is 6. The number of nitrogens with one attached hydrogen (secondary N) is 2. The number of carbonyl (C=O) groups is 1. The lowest BCUT2D eigenvalue weighted by molar-refractivity contribution is 0.102. The van der Waals surface area contributed by atoms with E-state index in [1.165, 1.54) is 0 Å². The predicted molar refractivity (Wildman–Crippen MR) is 135 cm³/mol. The highest BCUT2D eigenvalue weighted by atomic mass is 32.2. The molecule has 166 valence electrons. The first-order chi connectivity index (χ1) is 16.1. The van der Waals surface area contributed by atoms with Crippen molar-refractivity contribution in [2.75, 3.05) is 24.0 Å².